The van der Waals surface area contributed by atoms with Crippen molar-refractivity contribution in [3.8, 4) is 0 Å². The topological polar surface area (TPSA) is 75.3 Å². The Morgan fingerprint density at radius 1 is 1.35 bits per heavy atom. The van der Waals surface area contributed by atoms with Gasteiger partial charge in [0, 0.05) is 18.2 Å². The number of nitrogens with one attached hydrogen (secondary N) is 2. The molecule has 1 atom stereocenters. The van der Waals surface area contributed by atoms with Crippen LogP contribution in [0.1, 0.15) is 12.0 Å². The molecule has 1 amide bonds. The van der Waals surface area contributed by atoms with E-state index in [9.17, 15) is 17.6 Å². The van der Waals surface area contributed by atoms with Crippen molar-refractivity contribution in [2.45, 2.75) is 19.0 Å². The maximum atomic E-state index is 13.3. The van der Waals surface area contributed by atoms with Crippen molar-refractivity contribution in [2.24, 2.45) is 0 Å². The molecule has 1 aliphatic rings. The predicted octanol–water partition coefficient (Wildman–Crippen LogP) is 0.219. The average molecular weight is 300 g/mol. The van der Waals surface area contributed by atoms with Crippen molar-refractivity contribution in [3.63, 3.8) is 0 Å². The van der Waals surface area contributed by atoms with Gasteiger partial charge in [0.05, 0.1) is 18.1 Å². The Kier molecular flexibility index (Phi) is 4.72. The summed E-state index contributed by atoms with van der Waals surface area (Å²) in [4.78, 5) is 11.6. The zero-order valence-electron chi connectivity index (χ0n) is 10.9. The Morgan fingerprint density at radius 2 is 2.10 bits per heavy atom. The zero-order valence-corrected chi connectivity index (χ0v) is 11.7. The van der Waals surface area contributed by atoms with Crippen molar-refractivity contribution in [1.29, 1.82) is 0 Å². The summed E-state index contributed by atoms with van der Waals surface area (Å²) in [6.07, 6.45) is 0.531. The van der Waals surface area contributed by atoms with Crippen LogP contribution in [0.15, 0.2) is 24.3 Å². The summed E-state index contributed by atoms with van der Waals surface area (Å²) >= 11 is 0. The molecule has 2 N–H and O–H groups in total. The Labute approximate surface area is 117 Å². The first kappa shape index (κ1) is 14.9. The van der Waals surface area contributed by atoms with Crippen molar-refractivity contribution in [1.82, 2.24) is 10.6 Å². The number of hydrogen-bond donors (Lipinski definition) is 2. The van der Waals surface area contributed by atoms with Gasteiger partial charge >= 0.3 is 0 Å². The molecule has 1 aromatic rings. The molecule has 7 heteroatoms. The van der Waals surface area contributed by atoms with Crippen LogP contribution in [-0.2, 0) is 21.2 Å². The third-order valence-electron chi connectivity index (χ3n) is 3.22. The molecule has 0 radical (unpaired) electrons. The van der Waals surface area contributed by atoms with Gasteiger partial charge in [0.1, 0.15) is 5.82 Å². The minimum absolute atomic E-state index is 0.0363. The number of sulfone groups is 1. The third kappa shape index (κ3) is 4.28. The van der Waals surface area contributed by atoms with Crippen LogP contribution in [0.4, 0.5) is 4.39 Å². The summed E-state index contributed by atoms with van der Waals surface area (Å²) in [7, 11) is -2.95. The highest BCUT2D eigenvalue weighted by Crippen LogP contribution is 2.10. The molecule has 0 spiro atoms. The summed E-state index contributed by atoms with van der Waals surface area (Å²) in [6.45, 7) is 0.158. The fraction of sp³-hybridized carbons (Fsp3) is 0.462. The molecule has 1 saturated heterocycles. The van der Waals surface area contributed by atoms with Crippen molar-refractivity contribution < 1.29 is 17.6 Å². The van der Waals surface area contributed by atoms with E-state index in [4.69, 9.17) is 0 Å². The van der Waals surface area contributed by atoms with Crippen LogP contribution in [0.5, 0.6) is 0 Å². The lowest BCUT2D eigenvalue weighted by molar-refractivity contribution is -0.120. The van der Waals surface area contributed by atoms with E-state index >= 15 is 0 Å². The molecule has 1 heterocycles. The fourth-order valence-corrected chi connectivity index (χ4v) is 3.80. The van der Waals surface area contributed by atoms with Crippen molar-refractivity contribution in [3.05, 3.63) is 35.6 Å². The molecule has 2 rings (SSSR count). The molecule has 1 aliphatic heterocycles. The standard InChI is InChI=1S/C13H17FN2O3S/c14-12-4-2-1-3-10(12)7-16-13(17)8-15-11-5-6-20(18,19)9-11/h1-4,11,15H,5-9H2,(H,16,17). The highest BCUT2D eigenvalue weighted by Gasteiger charge is 2.27. The predicted molar refractivity (Wildman–Crippen MR) is 73.3 cm³/mol. The smallest absolute Gasteiger partial charge is 0.234 e. The first-order chi connectivity index (χ1) is 9.46. The Morgan fingerprint density at radius 3 is 2.75 bits per heavy atom. The van der Waals surface area contributed by atoms with E-state index in [2.05, 4.69) is 10.6 Å². The van der Waals surface area contributed by atoms with E-state index in [1.54, 1.807) is 18.2 Å². The van der Waals surface area contributed by atoms with Crippen molar-refractivity contribution in [2.75, 3.05) is 18.1 Å². The molecule has 0 saturated carbocycles. The van der Waals surface area contributed by atoms with E-state index < -0.39 is 9.84 Å². The molecule has 0 aromatic heterocycles. The zero-order chi connectivity index (χ0) is 14.6. The van der Waals surface area contributed by atoms with Gasteiger partial charge < -0.3 is 10.6 Å². The van der Waals surface area contributed by atoms with Crippen LogP contribution in [0.3, 0.4) is 0 Å². The van der Waals surface area contributed by atoms with Crippen LogP contribution in [-0.4, -0.2) is 38.4 Å². The van der Waals surface area contributed by atoms with E-state index in [0.717, 1.165) is 0 Å². The lowest BCUT2D eigenvalue weighted by atomic mass is 10.2. The number of hydrogen-bond acceptors (Lipinski definition) is 4. The summed E-state index contributed by atoms with van der Waals surface area (Å²) < 4.78 is 35.8. The molecule has 110 valence electrons. The molecule has 20 heavy (non-hydrogen) atoms. The number of carbonyl (C=O) groups excluding carboxylic acids is 1. The molecular weight excluding hydrogens is 283 g/mol. The molecule has 0 bridgehead atoms. The van der Waals surface area contributed by atoms with Gasteiger partial charge in [0.2, 0.25) is 5.91 Å². The normalized spacial score (nSPS) is 20.8. The number of rotatable bonds is 5. The molecule has 1 aromatic carbocycles. The second kappa shape index (κ2) is 6.32. The molecule has 5 nitrogen and oxygen atoms in total. The van der Waals surface area contributed by atoms with Crippen LogP contribution >= 0.6 is 0 Å². The molecule has 1 fully saturated rings. The maximum absolute atomic E-state index is 13.3. The Bertz CT molecular complexity index is 589. The SMILES string of the molecule is O=C(CNC1CCS(=O)(=O)C1)NCc1ccccc1F. The van der Waals surface area contributed by atoms with E-state index in [1.165, 1.54) is 6.07 Å². The monoisotopic (exact) mass is 300 g/mol. The fourth-order valence-electron chi connectivity index (χ4n) is 2.09. The Balaban J connectivity index is 1.73. The van der Waals surface area contributed by atoms with Crippen molar-refractivity contribution >= 4 is 15.7 Å². The van der Waals surface area contributed by atoms with Crippen LogP contribution in [0.25, 0.3) is 0 Å². The highest BCUT2D eigenvalue weighted by atomic mass is 32.2. The van der Waals surface area contributed by atoms with Gasteiger partial charge in [-0.1, -0.05) is 18.2 Å². The maximum Gasteiger partial charge on any atom is 0.234 e. The highest BCUT2D eigenvalue weighted by molar-refractivity contribution is 7.91. The molecule has 0 aliphatic carbocycles. The molecule has 1 unspecified atom stereocenters. The number of carbonyl (C=O) groups is 1. The largest absolute Gasteiger partial charge is 0.351 e. The molecular formula is C13H17FN2O3S. The number of benzene rings is 1. The second-order valence-corrected chi connectivity index (χ2v) is 7.08. The number of amides is 1. The lowest BCUT2D eigenvalue weighted by Crippen LogP contribution is -2.39. The number of halogens is 1. The van der Waals surface area contributed by atoms with Gasteiger partial charge in [-0.15, -0.1) is 0 Å². The summed E-state index contributed by atoms with van der Waals surface area (Å²) in [5, 5.41) is 5.50. The quantitative estimate of drug-likeness (QED) is 0.815. The average Bonchev–Trinajstić information content (AvgIpc) is 2.75. The van der Waals surface area contributed by atoms with Gasteiger partial charge in [0.15, 0.2) is 9.84 Å². The van der Waals surface area contributed by atoms with Gasteiger partial charge in [0.25, 0.3) is 0 Å². The summed E-state index contributed by atoms with van der Waals surface area (Å²) in [5.41, 5.74) is 0.421. The van der Waals surface area contributed by atoms with Crippen LogP contribution in [0.2, 0.25) is 0 Å². The van der Waals surface area contributed by atoms with Gasteiger partial charge in [-0.3, -0.25) is 4.79 Å². The second-order valence-electron chi connectivity index (χ2n) is 4.85. The van der Waals surface area contributed by atoms with Crippen LogP contribution in [0, 0.1) is 5.82 Å². The minimum atomic E-state index is -2.95. The van der Waals surface area contributed by atoms with Crippen LogP contribution < -0.4 is 10.6 Å². The van der Waals surface area contributed by atoms with Gasteiger partial charge in [-0.2, -0.15) is 0 Å². The van der Waals surface area contributed by atoms with Gasteiger partial charge in [-0.05, 0) is 12.5 Å². The summed E-state index contributed by atoms with van der Waals surface area (Å²) in [6, 6.07) is 6.06. The first-order valence-electron chi connectivity index (χ1n) is 6.40. The van der Waals surface area contributed by atoms with E-state index in [-0.39, 0.29) is 42.4 Å². The first-order valence-corrected chi connectivity index (χ1v) is 8.22. The van der Waals surface area contributed by atoms with E-state index in [1.807, 2.05) is 0 Å². The lowest BCUT2D eigenvalue weighted by Gasteiger charge is -2.11. The third-order valence-corrected chi connectivity index (χ3v) is 4.99. The Hall–Kier alpha value is -1.47. The van der Waals surface area contributed by atoms with Gasteiger partial charge in [-0.25, -0.2) is 12.8 Å². The minimum Gasteiger partial charge on any atom is -0.351 e. The summed E-state index contributed by atoms with van der Waals surface area (Å²) in [5.74, 6) is -0.394. The van der Waals surface area contributed by atoms with E-state index in [0.29, 0.717) is 12.0 Å².